The van der Waals surface area contributed by atoms with Crippen molar-refractivity contribution in [2.75, 3.05) is 7.11 Å². The molecule has 2 aromatic carbocycles. The van der Waals surface area contributed by atoms with Crippen molar-refractivity contribution in [3.8, 4) is 28.3 Å². The Morgan fingerprint density at radius 2 is 1.70 bits per heavy atom. The molecule has 0 aliphatic rings. The average Bonchev–Trinajstić information content (AvgIpc) is 3.10. The van der Waals surface area contributed by atoms with Crippen LogP contribution in [0.4, 0.5) is 0 Å². The van der Waals surface area contributed by atoms with Crippen molar-refractivity contribution in [1.29, 1.82) is 0 Å². The minimum atomic E-state index is 0.834. The molecule has 23 heavy (non-hydrogen) atoms. The number of fused-ring (bicyclic) bond motifs is 1. The summed E-state index contributed by atoms with van der Waals surface area (Å²) in [4.78, 5) is 9.28. The Hall–Kier alpha value is -3.14. The SMILES string of the molecule is COc1ccc(-c2cn3ccnc3c(-c3ccccc3)n2)cc1. The Bertz CT molecular complexity index is 943. The van der Waals surface area contributed by atoms with Crippen molar-refractivity contribution in [3.63, 3.8) is 0 Å². The first-order chi connectivity index (χ1) is 11.3. The molecule has 2 heterocycles. The van der Waals surface area contributed by atoms with E-state index in [4.69, 9.17) is 9.72 Å². The Kier molecular flexibility index (Phi) is 3.27. The van der Waals surface area contributed by atoms with Gasteiger partial charge in [0.15, 0.2) is 5.65 Å². The zero-order valence-corrected chi connectivity index (χ0v) is 12.7. The van der Waals surface area contributed by atoms with E-state index < -0.39 is 0 Å². The highest BCUT2D eigenvalue weighted by Gasteiger charge is 2.11. The highest BCUT2D eigenvalue weighted by molar-refractivity contribution is 5.76. The molecule has 2 aromatic heterocycles. The predicted octanol–water partition coefficient (Wildman–Crippen LogP) is 4.07. The summed E-state index contributed by atoms with van der Waals surface area (Å²) in [5.41, 5.74) is 4.73. The van der Waals surface area contributed by atoms with E-state index in [9.17, 15) is 0 Å². The summed E-state index contributed by atoms with van der Waals surface area (Å²) in [5.74, 6) is 0.834. The molecule has 0 saturated carbocycles. The highest BCUT2D eigenvalue weighted by atomic mass is 16.5. The van der Waals surface area contributed by atoms with Gasteiger partial charge in [-0.1, -0.05) is 30.3 Å². The van der Waals surface area contributed by atoms with Crippen LogP contribution in [-0.4, -0.2) is 21.5 Å². The summed E-state index contributed by atoms with van der Waals surface area (Å²) in [5, 5.41) is 0. The fourth-order valence-corrected chi connectivity index (χ4v) is 2.62. The molecule has 0 fully saturated rings. The number of hydrogen-bond acceptors (Lipinski definition) is 3. The first-order valence-corrected chi connectivity index (χ1v) is 7.39. The van der Waals surface area contributed by atoms with Gasteiger partial charge in [0.25, 0.3) is 0 Å². The summed E-state index contributed by atoms with van der Waals surface area (Å²) in [6.07, 6.45) is 5.73. The molecular formula is C19H15N3O. The van der Waals surface area contributed by atoms with Gasteiger partial charge in [-0.25, -0.2) is 9.97 Å². The number of ether oxygens (including phenoxy) is 1. The second-order valence-electron chi connectivity index (χ2n) is 5.23. The fraction of sp³-hybridized carbons (Fsp3) is 0.0526. The zero-order chi connectivity index (χ0) is 15.6. The van der Waals surface area contributed by atoms with Crippen LogP contribution in [0.25, 0.3) is 28.2 Å². The van der Waals surface area contributed by atoms with Crippen molar-refractivity contribution >= 4 is 5.65 Å². The monoisotopic (exact) mass is 301 g/mol. The Morgan fingerprint density at radius 1 is 0.913 bits per heavy atom. The lowest BCUT2D eigenvalue weighted by atomic mass is 10.1. The molecule has 0 saturated heterocycles. The second-order valence-corrected chi connectivity index (χ2v) is 5.23. The standard InChI is InChI=1S/C19H15N3O/c1-23-16-9-7-14(8-10-16)17-13-22-12-11-20-19(22)18(21-17)15-5-3-2-4-6-15/h2-13H,1H3. The molecule has 0 unspecified atom stereocenters. The molecule has 0 atom stereocenters. The maximum Gasteiger partial charge on any atom is 0.163 e. The molecular weight excluding hydrogens is 286 g/mol. The number of imidazole rings is 1. The van der Waals surface area contributed by atoms with E-state index in [0.717, 1.165) is 33.9 Å². The number of rotatable bonds is 3. The van der Waals surface area contributed by atoms with Crippen molar-refractivity contribution in [3.05, 3.63) is 73.2 Å². The molecule has 0 radical (unpaired) electrons. The van der Waals surface area contributed by atoms with Gasteiger partial charge < -0.3 is 9.14 Å². The maximum atomic E-state index is 5.22. The summed E-state index contributed by atoms with van der Waals surface area (Å²) in [7, 11) is 1.66. The summed E-state index contributed by atoms with van der Waals surface area (Å²) in [6.45, 7) is 0. The Balaban J connectivity index is 1.91. The third-order valence-electron chi connectivity index (χ3n) is 3.81. The van der Waals surface area contributed by atoms with Crippen LogP contribution in [0.5, 0.6) is 5.75 Å². The molecule has 4 nitrogen and oxygen atoms in total. The molecule has 4 heteroatoms. The van der Waals surface area contributed by atoms with Gasteiger partial charge >= 0.3 is 0 Å². The summed E-state index contributed by atoms with van der Waals surface area (Å²) >= 11 is 0. The molecule has 0 N–H and O–H groups in total. The number of benzene rings is 2. The summed E-state index contributed by atoms with van der Waals surface area (Å²) in [6, 6.07) is 18.0. The van der Waals surface area contributed by atoms with Crippen LogP contribution in [0, 0.1) is 0 Å². The van der Waals surface area contributed by atoms with Crippen molar-refractivity contribution < 1.29 is 4.74 Å². The molecule has 0 bridgehead atoms. The largest absolute Gasteiger partial charge is 0.497 e. The predicted molar refractivity (Wildman–Crippen MR) is 90.4 cm³/mol. The van der Waals surface area contributed by atoms with Gasteiger partial charge in [-0.3, -0.25) is 0 Å². The van der Waals surface area contributed by atoms with E-state index in [1.54, 1.807) is 13.3 Å². The van der Waals surface area contributed by atoms with Crippen LogP contribution in [0.2, 0.25) is 0 Å². The molecule has 4 aromatic rings. The van der Waals surface area contributed by atoms with Gasteiger partial charge in [-0.05, 0) is 24.3 Å². The van der Waals surface area contributed by atoms with E-state index in [1.807, 2.05) is 59.3 Å². The number of methoxy groups -OCH3 is 1. The number of nitrogens with zero attached hydrogens (tertiary/aromatic N) is 3. The molecule has 0 spiro atoms. The van der Waals surface area contributed by atoms with Gasteiger partial charge in [0, 0.05) is 29.7 Å². The van der Waals surface area contributed by atoms with Crippen LogP contribution in [0.15, 0.2) is 73.2 Å². The smallest absolute Gasteiger partial charge is 0.163 e. The van der Waals surface area contributed by atoms with Crippen molar-refractivity contribution in [2.24, 2.45) is 0 Å². The highest BCUT2D eigenvalue weighted by Crippen LogP contribution is 2.27. The lowest BCUT2D eigenvalue weighted by Crippen LogP contribution is -1.96. The molecule has 0 aliphatic heterocycles. The number of aromatic nitrogens is 3. The topological polar surface area (TPSA) is 39.4 Å². The lowest BCUT2D eigenvalue weighted by Gasteiger charge is -2.08. The molecule has 4 rings (SSSR count). The molecule has 112 valence electrons. The Labute approximate surface area is 134 Å². The van der Waals surface area contributed by atoms with Crippen LogP contribution in [0.1, 0.15) is 0 Å². The van der Waals surface area contributed by atoms with Gasteiger partial charge in [0.05, 0.1) is 12.8 Å². The maximum absolute atomic E-state index is 5.22. The minimum Gasteiger partial charge on any atom is -0.497 e. The van der Waals surface area contributed by atoms with Crippen LogP contribution in [0.3, 0.4) is 0 Å². The summed E-state index contributed by atoms with van der Waals surface area (Å²) < 4.78 is 7.23. The van der Waals surface area contributed by atoms with Gasteiger partial charge in [0.2, 0.25) is 0 Å². The third kappa shape index (κ3) is 2.44. The van der Waals surface area contributed by atoms with E-state index in [2.05, 4.69) is 17.1 Å². The van der Waals surface area contributed by atoms with Crippen LogP contribution >= 0.6 is 0 Å². The molecule has 0 aliphatic carbocycles. The van der Waals surface area contributed by atoms with E-state index in [1.165, 1.54) is 0 Å². The van der Waals surface area contributed by atoms with E-state index in [0.29, 0.717) is 0 Å². The number of hydrogen-bond donors (Lipinski definition) is 0. The van der Waals surface area contributed by atoms with E-state index in [-0.39, 0.29) is 0 Å². The van der Waals surface area contributed by atoms with Gasteiger partial charge in [-0.15, -0.1) is 0 Å². The lowest BCUT2D eigenvalue weighted by molar-refractivity contribution is 0.415. The zero-order valence-electron chi connectivity index (χ0n) is 12.7. The molecule has 0 amide bonds. The van der Waals surface area contributed by atoms with Crippen molar-refractivity contribution in [1.82, 2.24) is 14.4 Å². The van der Waals surface area contributed by atoms with Gasteiger partial charge in [-0.2, -0.15) is 0 Å². The second kappa shape index (κ2) is 5.57. The fourth-order valence-electron chi connectivity index (χ4n) is 2.62. The van der Waals surface area contributed by atoms with Crippen LogP contribution < -0.4 is 4.74 Å². The minimum absolute atomic E-state index is 0.834. The van der Waals surface area contributed by atoms with Crippen molar-refractivity contribution in [2.45, 2.75) is 0 Å². The first-order valence-electron chi connectivity index (χ1n) is 7.39. The third-order valence-corrected chi connectivity index (χ3v) is 3.81. The van der Waals surface area contributed by atoms with E-state index >= 15 is 0 Å². The average molecular weight is 301 g/mol. The first kappa shape index (κ1) is 13.5. The van der Waals surface area contributed by atoms with Gasteiger partial charge in [0.1, 0.15) is 11.4 Å². The van der Waals surface area contributed by atoms with Crippen LogP contribution in [-0.2, 0) is 0 Å². The normalized spacial score (nSPS) is 10.8. The Morgan fingerprint density at radius 3 is 2.43 bits per heavy atom. The quantitative estimate of drug-likeness (QED) is 0.572.